The van der Waals surface area contributed by atoms with Gasteiger partial charge in [0.25, 0.3) is 0 Å². The highest BCUT2D eigenvalue weighted by Gasteiger charge is 2.25. The lowest BCUT2D eigenvalue weighted by molar-refractivity contribution is -0.138. The molecule has 0 aliphatic carbocycles. The molecule has 0 radical (unpaired) electrons. The van der Waals surface area contributed by atoms with E-state index in [9.17, 15) is 4.79 Å². The van der Waals surface area contributed by atoms with Crippen molar-refractivity contribution < 1.29 is 19.0 Å². The summed E-state index contributed by atoms with van der Waals surface area (Å²) < 4.78 is 15.6. The largest absolute Gasteiger partial charge is 0.459 e. The molecule has 2 aliphatic rings. The van der Waals surface area contributed by atoms with Crippen molar-refractivity contribution in [3.8, 4) is 11.5 Å². The Hall–Kier alpha value is -1.97. The number of carbonyl (C=O) groups is 1. The minimum absolute atomic E-state index is 0.0252. The Morgan fingerprint density at radius 1 is 1.29 bits per heavy atom. The zero-order chi connectivity index (χ0) is 11.8. The zero-order valence-electron chi connectivity index (χ0n) is 9.43. The molecule has 4 nitrogen and oxygen atoms in total. The van der Waals surface area contributed by atoms with Crippen LogP contribution >= 0.6 is 0 Å². The van der Waals surface area contributed by atoms with Crippen molar-refractivity contribution in [2.75, 3.05) is 6.79 Å². The summed E-state index contributed by atoms with van der Waals surface area (Å²) >= 11 is 0. The number of cyclic esters (lactones) is 1. The highest BCUT2D eigenvalue weighted by atomic mass is 16.7. The van der Waals surface area contributed by atoms with E-state index in [2.05, 4.69) is 0 Å². The third kappa shape index (κ3) is 1.86. The molecule has 17 heavy (non-hydrogen) atoms. The number of ether oxygens (including phenoxy) is 3. The molecule has 2 heterocycles. The van der Waals surface area contributed by atoms with Crippen LogP contribution < -0.4 is 9.47 Å². The van der Waals surface area contributed by atoms with Crippen LogP contribution in [0.25, 0.3) is 6.08 Å². The number of hydrogen-bond acceptors (Lipinski definition) is 4. The van der Waals surface area contributed by atoms with Gasteiger partial charge in [-0.1, -0.05) is 6.07 Å². The second kappa shape index (κ2) is 3.80. The maximum absolute atomic E-state index is 11.5. The lowest BCUT2D eigenvalue weighted by atomic mass is 10.1. The Morgan fingerprint density at radius 3 is 2.88 bits per heavy atom. The van der Waals surface area contributed by atoms with Crippen molar-refractivity contribution >= 4 is 12.0 Å². The van der Waals surface area contributed by atoms with E-state index in [1.807, 2.05) is 31.2 Å². The van der Waals surface area contributed by atoms with Crippen molar-refractivity contribution in [3.05, 3.63) is 29.3 Å². The van der Waals surface area contributed by atoms with E-state index in [0.717, 1.165) is 17.1 Å². The van der Waals surface area contributed by atoms with Gasteiger partial charge in [0, 0.05) is 12.0 Å². The fourth-order valence-electron chi connectivity index (χ4n) is 2.02. The third-order valence-corrected chi connectivity index (χ3v) is 2.82. The summed E-state index contributed by atoms with van der Waals surface area (Å²) in [5.41, 5.74) is 1.63. The molecule has 0 saturated carbocycles. The van der Waals surface area contributed by atoms with Gasteiger partial charge >= 0.3 is 5.97 Å². The summed E-state index contributed by atoms with van der Waals surface area (Å²) in [4.78, 5) is 11.5. The molecule has 88 valence electrons. The van der Waals surface area contributed by atoms with Gasteiger partial charge in [-0.05, 0) is 30.7 Å². The number of benzene rings is 1. The van der Waals surface area contributed by atoms with Gasteiger partial charge in [0.05, 0.1) is 0 Å². The van der Waals surface area contributed by atoms with Crippen LogP contribution in [0.3, 0.4) is 0 Å². The van der Waals surface area contributed by atoms with Gasteiger partial charge in [0.15, 0.2) is 11.5 Å². The molecule has 3 rings (SSSR count). The lowest BCUT2D eigenvalue weighted by Crippen LogP contribution is -1.99. The van der Waals surface area contributed by atoms with Gasteiger partial charge in [0.1, 0.15) is 6.10 Å². The van der Waals surface area contributed by atoms with Crippen LogP contribution in [0, 0.1) is 0 Å². The summed E-state index contributed by atoms with van der Waals surface area (Å²) in [5.74, 6) is 1.24. The first kappa shape index (κ1) is 10.2. The van der Waals surface area contributed by atoms with Gasteiger partial charge < -0.3 is 14.2 Å². The normalized spacial score (nSPS) is 24.2. The topological polar surface area (TPSA) is 44.8 Å². The Morgan fingerprint density at radius 2 is 2.12 bits per heavy atom. The Labute approximate surface area is 98.8 Å². The first-order chi connectivity index (χ1) is 8.22. The number of rotatable bonds is 1. The summed E-state index contributed by atoms with van der Waals surface area (Å²) in [5, 5.41) is 0. The Balaban J connectivity index is 1.90. The van der Waals surface area contributed by atoms with E-state index < -0.39 is 0 Å². The molecular formula is C13H12O4. The fourth-order valence-corrected chi connectivity index (χ4v) is 2.02. The van der Waals surface area contributed by atoms with Gasteiger partial charge in [-0.15, -0.1) is 0 Å². The van der Waals surface area contributed by atoms with E-state index in [-0.39, 0.29) is 18.9 Å². The molecule has 1 fully saturated rings. The van der Waals surface area contributed by atoms with Crippen LogP contribution in [0.4, 0.5) is 0 Å². The van der Waals surface area contributed by atoms with Crippen LogP contribution in [0.5, 0.6) is 11.5 Å². The van der Waals surface area contributed by atoms with Crippen LogP contribution in [0.1, 0.15) is 18.9 Å². The van der Waals surface area contributed by atoms with Crippen LogP contribution in [0.2, 0.25) is 0 Å². The molecule has 1 aromatic rings. The van der Waals surface area contributed by atoms with Crippen molar-refractivity contribution in [2.24, 2.45) is 0 Å². The first-order valence-corrected chi connectivity index (χ1v) is 5.53. The molecule has 0 bridgehead atoms. The standard InChI is InChI=1S/C13H12O4/c1-8-4-10(13(14)17-8)5-9-2-3-11-12(6-9)16-7-15-11/h2-3,5-6,8H,4,7H2,1H3/b10-5+/t8-/m0/s1. The predicted molar refractivity (Wildman–Crippen MR) is 60.7 cm³/mol. The van der Waals surface area contributed by atoms with Crippen LogP contribution in [-0.2, 0) is 9.53 Å². The molecule has 0 amide bonds. The third-order valence-electron chi connectivity index (χ3n) is 2.82. The van der Waals surface area contributed by atoms with E-state index in [0.29, 0.717) is 12.0 Å². The van der Waals surface area contributed by atoms with Crippen molar-refractivity contribution in [1.29, 1.82) is 0 Å². The summed E-state index contributed by atoms with van der Waals surface area (Å²) in [6.07, 6.45) is 2.48. The van der Waals surface area contributed by atoms with Gasteiger partial charge in [0.2, 0.25) is 6.79 Å². The maximum Gasteiger partial charge on any atom is 0.334 e. The highest BCUT2D eigenvalue weighted by molar-refractivity contribution is 5.95. The first-order valence-electron chi connectivity index (χ1n) is 5.53. The fraction of sp³-hybridized carbons (Fsp3) is 0.308. The Kier molecular flexibility index (Phi) is 2.28. The molecule has 4 heteroatoms. The highest BCUT2D eigenvalue weighted by Crippen LogP contribution is 2.33. The van der Waals surface area contributed by atoms with Crippen molar-refractivity contribution in [1.82, 2.24) is 0 Å². The zero-order valence-corrected chi connectivity index (χ0v) is 9.43. The molecule has 1 saturated heterocycles. The molecule has 1 atom stereocenters. The van der Waals surface area contributed by atoms with E-state index in [1.54, 1.807) is 0 Å². The molecule has 1 aromatic carbocycles. The SMILES string of the molecule is C[C@H]1C/C(=C\c2ccc3c(c2)OCO3)C(=O)O1. The molecule has 0 unspecified atom stereocenters. The second-order valence-electron chi connectivity index (χ2n) is 4.20. The molecule has 0 spiro atoms. The second-order valence-corrected chi connectivity index (χ2v) is 4.20. The quantitative estimate of drug-likeness (QED) is 0.549. The van der Waals surface area contributed by atoms with Gasteiger partial charge in [-0.2, -0.15) is 0 Å². The van der Waals surface area contributed by atoms with Gasteiger partial charge in [-0.25, -0.2) is 4.79 Å². The minimum atomic E-state index is -0.227. The maximum atomic E-state index is 11.5. The summed E-state index contributed by atoms with van der Waals surface area (Å²) in [7, 11) is 0. The lowest BCUT2D eigenvalue weighted by Gasteiger charge is -1.98. The summed E-state index contributed by atoms with van der Waals surface area (Å²) in [6.45, 7) is 2.15. The molecule has 2 aliphatic heterocycles. The average molecular weight is 232 g/mol. The number of carbonyl (C=O) groups excluding carboxylic acids is 1. The predicted octanol–water partition coefficient (Wildman–Crippen LogP) is 2.13. The monoisotopic (exact) mass is 232 g/mol. The van der Waals surface area contributed by atoms with Crippen molar-refractivity contribution in [2.45, 2.75) is 19.4 Å². The van der Waals surface area contributed by atoms with E-state index in [1.165, 1.54) is 0 Å². The number of fused-ring (bicyclic) bond motifs is 1. The van der Waals surface area contributed by atoms with Crippen LogP contribution in [0.15, 0.2) is 23.8 Å². The number of esters is 1. The van der Waals surface area contributed by atoms with E-state index >= 15 is 0 Å². The van der Waals surface area contributed by atoms with Crippen molar-refractivity contribution in [3.63, 3.8) is 0 Å². The smallest absolute Gasteiger partial charge is 0.334 e. The Bertz CT molecular complexity index is 504. The molecular weight excluding hydrogens is 220 g/mol. The van der Waals surface area contributed by atoms with E-state index in [4.69, 9.17) is 14.2 Å². The minimum Gasteiger partial charge on any atom is -0.459 e. The average Bonchev–Trinajstić information content (AvgIpc) is 2.85. The number of hydrogen-bond donors (Lipinski definition) is 0. The summed E-state index contributed by atoms with van der Waals surface area (Å²) in [6, 6.07) is 5.61. The molecule has 0 aromatic heterocycles. The van der Waals surface area contributed by atoms with Crippen LogP contribution in [-0.4, -0.2) is 18.9 Å². The molecule has 0 N–H and O–H groups in total. The van der Waals surface area contributed by atoms with Gasteiger partial charge in [-0.3, -0.25) is 0 Å².